The molecular weight excluding hydrogens is 330 g/mol. The van der Waals surface area contributed by atoms with Crippen molar-refractivity contribution in [2.24, 2.45) is 11.7 Å². The third-order valence-corrected chi connectivity index (χ3v) is 3.97. The summed E-state index contributed by atoms with van der Waals surface area (Å²) >= 11 is 0. The van der Waals surface area contributed by atoms with Gasteiger partial charge in [-0.05, 0) is 41.8 Å². The Kier molecular flexibility index (Phi) is 5.02. The van der Waals surface area contributed by atoms with E-state index in [0.29, 0.717) is 41.3 Å². The fourth-order valence-corrected chi connectivity index (χ4v) is 2.57. The normalized spacial score (nSPS) is 11.0. The highest BCUT2D eigenvalue weighted by Gasteiger charge is 2.08. The molecule has 0 aliphatic rings. The summed E-state index contributed by atoms with van der Waals surface area (Å²) in [7, 11) is 0. The minimum atomic E-state index is -0.477. The minimum absolute atomic E-state index is 0.135. The van der Waals surface area contributed by atoms with Gasteiger partial charge in [0.25, 0.3) is 5.56 Å². The van der Waals surface area contributed by atoms with E-state index in [9.17, 15) is 9.59 Å². The van der Waals surface area contributed by atoms with Gasteiger partial charge < -0.3 is 10.5 Å². The van der Waals surface area contributed by atoms with Crippen LogP contribution in [0.4, 0.5) is 0 Å². The fraction of sp³-hybridized carbons (Fsp3) is 0.250. The largest absolute Gasteiger partial charge is 0.493 e. The van der Waals surface area contributed by atoms with Gasteiger partial charge in [-0.15, -0.1) is 0 Å². The second kappa shape index (κ2) is 7.39. The van der Waals surface area contributed by atoms with Crippen LogP contribution in [0.2, 0.25) is 0 Å². The molecule has 0 spiro atoms. The average Bonchev–Trinajstić information content (AvgIpc) is 2.63. The summed E-state index contributed by atoms with van der Waals surface area (Å²) < 4.78 is 7.24. The number of hydrogen-bond acceptors (Lipinski definition) is 4. The smallest absolute Gasteiger partial charge is 0.261 e. The second-order valence-electron chi connectivity index (χ2n) is 6.62. The third kappa shape index (κ3) is 3.91. The van der Waals surface area contributed by atoms with Gasteiger partial charge in [0.2, 0.25) is 5.91 Å². The van der Waals surface area contributed by atoms with Crippen LogP contribution >= 0.6 is 0 Å². The van der Waals surface area contributed by atoms with E-state index in [-0.39, 0.29) is 5.56 Å². The molecule has 0 saturated heterocycles. The summed E-state index contributed by atoms with van der Waals surface area (Å²) in [5.74, 6) is 0.586. The Morgan fingerprint density at radius 1 is 1.19 bits per heavy atom. The van der Waals surface area contributed by atoms with Crippen molar-refractivity contribution in [3.63, 3.8) is 0 Å². The SMILES string of the molecule is CC(C)COc1ccc2ncn(Cc3ccc(C(N)=O)cc3)c(=O)c2c1. The first-order valence-corrected chi connectivity index (χ1v) is 8.45. The summed E-state index contributed by atoms with van der Waals surface area (Å²) in [5.41, 5.74) is 7.06. The van der Waals surface area contributed by atoms with Gasteiger partial charge in [-0.2, -0.15) is 0 Å². The lowest BCUT2D eigenvalue weighted by molar-refractivity contribution is 0.100. The first-order valence-electron chi connectivity index (χ1n) is 8.45. The number of carbonyl (C=O) groups excluding carboxylic acids is 1. The topological polar surface area (TPSA) is 87.2 Å². The van der Waals surface area contributed by atoms with Crippen molar-refractivity contribution >= 4 is 16.8 Å². The number of hydrogen-bond donors (Lipinski definition) is 1. The zero-order valence-corrected chi connectivity index (χ0v) is 14.8. The first kappa shape index (κ1) is 17.7. The lowest BCUT2D eigenvalue weighted by Gasteiger charge is -2.10. The van der Waals surface area contributed by atoms with Gasteiger partial charge in [0.1, 0.15) is 5.75 Å². The first-order chi connectivity index (χ1) is 12.4. The van der Waals surface area contributed by atoms with E-state index in [1.54, 1.807) is 36.4 Å². The van der Waals surface area contributed by atoms with Crippen LogP contribution in [-0.2, 0) is 6.54 Å². The molecule has 26 heavy (non-hydrogen) atoms. The molecule has 0 saturated carbocycles. The van der Waals surface area contributed by atoms with Crippen LogP contribution in [0.1, 0.15) is 29.8 Å². The van der Waals surface area contributed by atoms with E-state index in [1.165, 1.54) is 10.9 Å². The van der Waals surface area contributed by atoms with Crippen LogP contribution in [0.15, 0.2) is 53.6 Å². The quantitative estimate of drug-likeness (QED) is 0.739. The lowest BCUT2D eigenvalue weighted by Crippen LogP contribution is -2.21. The number of nitrogens with two attached hydrogens (primary N) is 1. The number of nitrogens with zero attached hydrogens (tertiary/aromatic N) is 2. The second-order valence-corrected chi connectivity index (χ2v) is 6.62. The molecule has 1 heterocycles. The van der Waals surface area contributed by atoms with Gasteiger partial charge >= 0.3 is 0 Å². The Balaban J connectivity index is 1.90. The summed E-state index contributed by atoms with van der Waals surface area (Å²) in [6, 6.07) is 12.2. The number of ether oxygens (including phenoxy) is 1. The number of fused-ring (bicyclic) bond motifs is 1. The predicted octanol–water partition coefficient (Wildman–Crippen LogP) is 2.58. The van der Waals surface area contributed by atoms with Crippen molar-refractivity contribution in [2.75, 3.05) is 6.61 Å². The maximum Gasteiger partial charge on any atom is 0.261 e. The van der Waals surface area contributed by atoms with Gasteiger partial charge in [0, 0.05) is 5.56 Å². The van der Waals surface area contributed by atoms with Gasteiger partial charge in [0.05, 0.1) is 30.4 Å². The Bertz CT molecular complexity index is 991. The maximum atomic E-state index is 12.8. The van der Waals surface area contributed by atoms with Crippen molar-refractivity contribution in [3.8, 4) is 5.75 Å². The van der Waals surface area contributed by atoms with E-state index in [2.05, 4.69) is 18.8 Å². The third-order valence-electron chi connectivity index (χ3n) is 3.97. The number of benzene rings is 2. The van der Waals surface area contributed by atoms with Gasteiger partial charge in [-0.3, -0.25) is 14.2 Å². The molecule has 1 amide bonds. The molecule has 3 aromatic rings. The van der Waals surface area contributed by atoms with Crippen LogP contribution in [-0.4, -0.2) is 22.1 Å². The van der Waals surface area contributed by atoms with Gasteiger partial charge in [-0.25, -0.2) is 4.98 Å². The zero-order chi connectivity index (χ0) is 18.7. The molecule has 6 heteroatoms. The molecule has 6 nitrogen and oxygen atoms in total. The van der Waals surface area contributed by atoms with E-state index in [0.717, 1.165) is 5.56 Å². The molecule has 2 aromatic carbocycles. The van der Waals surface area contributed by atoms with Crippen molar-refractivity contribution in [2.45, 2.75) is 20.4 Å². The van der Waals surface area contributed by atoms with E-state index < -0.39 is 5.91 Å². The Morgan fingerprint density at radius 3 is 2.58 bits per heavy atom. The minimum Gasteiger partial charge on any atom is -0.493 e. The number of aromatic nitrogens is 2. The van der Waals surface area contributed by atoms with Crippen molar-refractivity contribution < 1.29 is 9.53 Å². The van der Waals surface area contributed by atoms with Crippen molar-refractivity contribution in [1.82, 2.24) is 9.55 Å². The molecule has 0 fully saturated rings. The van der Waals surface area contributed by atoms with Gasteiger partial charge in [0.15, 0.2) is 0 Å². The summed E-state index contributed by atoms with van der Waals surface area (Å²) in [4.78, 5) is 28.3. The molecule has 0 atom stereocenters. The van der Waals surface area contributed by atoms with Crippen LogP contribution in [0.3, 0.4) is 0 Å². The molecule has 134 valence electrons. The molecule has 2 N–H and O–H groups in total. The molecular formula is C20H21N3O3. The molecule has 1 aromatic heterocycles. The molecule has 3 rings (SSSR count). The van der Waals surface area contributed by atoms with Crippen LogP contribution in [0.5, 0.6) is 5.75 Å². The van der Waals surface area contributed by atoms with E-state index in [4.69, 9.17) is 10.5 Å². The Labute approximate surface area is 151 Å². The Hall–Kier alpha value is -3.15. The summed E-state index contributed by atoms with van der Waals surface area (Å²) in [6.07, 6.45) is 1.53. The molecule has 0 aliphatic carbocycles. The lowest BCUT2D eigenvalue weighted by atomic mass is 10.1. The van der Waals surface area contributed by atoms with Crippen molar-refractivity contribution in [1.29, 1.82) is 0 Å². The monoisotopic (exact) mass is 351 g/mol. The maximum absolute atomic E-state index is 12.8. The van der Waals surface area contributed by atoms with E-state index in [1.807, 2.05) is 6.07 Å². The number of rotatable bonds is 6. The van der Waals surface area contributed by atoms with Crippen LogP contribution in [0.25, 0.3) is 10.9 Å². The number of primary amides is 1. The van der Waals surface area contributed by atoms with Crippen LogP contribution < -0.4 is 16.0 Å². The number of amides is 1. The highest BCUT2D eigenvalue weighted by atomic mass is 16.5. The standard InChI is InChI=1S/C20H21N3O3/c1-13(2)11-26-16-7-8-18-17(9-16)20(25)23(12-22-18)10-14-3-5-15(6-4-14)19(21)24/h3-9,12-13H,10-11H2,1-2H3,(H2,21,24). The van der Waals surface area contributed by atoms with Gasteiger partial charge in [-0.1, -0.05) is 26.0 Å². The van der Waals surface area contributed by atoms with E-state index >= 15 is 0 Å². The molecule has 0 aliphatic heterocycles. The molecule has 0 radical (unpaired) electrons. The fourth-order valence-electron chi connectivity index (χ4n) is 2.57. The summed E-state index contributed by atoms with van der Waals surface area (Å²) in [6.45, 7) is 5.09. The summed E-state index contributed by atoms with van der Waals surface area (Å²) in [5, 5.41) is 0.516. The molecule has 0 bridgehead atoms. The highest BCUT2D eigenvalue weighted by molar-refractivity contribution is 5.92. The predicted molar refractivity (Wildman–Crippen MR) is 100 cm³/mol. The Morgan fingerprint density at radius 2 is 1.92 bits per heavy atom. The van der Waals surface area contributed by atoms with Crippen molar-refractivity contribution in [3.05, 3.63) is 70.3 Å². The van der Waals surface area contributed by atoms with Crippen LogP contribution in [0, 0.1) is 5.92 Å². The average molecular weight is 351 g/mol. The highest BCUT2D eigenvalue weighted by Crippen LogP contribution is 2.17. The number of carbonyl (C=O) groups is 1. The molecule has 0 unspecified atom stereocenters. The zero-order valence-electron chi connectivity index (χ0n) is 14.8.